The molecule has 0 radical (unpaired) electrons. The van der Waals surface area contributed by atoms with Crippen LogP contribution in [0.5, 0.6) is 0 Å². The van der Waals surface area contributed by atoms with Gasteiger partial charge in [-0.05, 0) is 88.8 Å². The van der Waals surface area contributed by atoms with Gasteiger partial charge in [0.25, 0.3) is 0 Å². The number of nitrogens with one attached hydrogen (secondary N) is 1. The first kappa shape index (κ1) is 39.1. The SMILES string of the molecule is C=C/C=C(\C=C)n1c2ccccc2c2ccc(-c3cc4c(N)c(NC5C=CC=CC5)n-4c4csc5ccccc5c(=C)cc-4c(=C)c3)cc21.C=C/C=C\C.CC. The molecule has 56 heavy (non-hydrogen) atoms. The molecule has 1 atom stereocenters. The third kappa shape index (κ3) is 7.55. The van der Waals surface area contributed by atoms with Crippen molar-refractivity contribution < 1.29 is 0 Å². The maximum Gasteiger partial charge on any atom is 0.137 e. The summed E-state index contributed by atoms with van der Waals surface area (Å²) < 4.78 is 5.66. The van der Waals surface area contributed by atoms with Crippen molar-refractivity contribution in [3.8, 4) is 28.1 Å². The summed E-state index contributed by atoms with van der Waals surface area (Å²) in [7, 11) is 0. The topological polar surface area (TPSA) is 47.9 Å². The molecule has 0 spiro atoms. The van der Waals surface area contributed by atoms with Crippen LogP contribution in [0.15, 0.2) is 171 Å². The molecule has 4 aliphatic rings. The van der Waals surface area contributed by atoms with Gasteiger partial charge in [-0.15, -0.1) is 11.3 Å². The van der Waals surface area contributed by atoms with Crippen LogP contribution in [0.1, 0.15) is 27.2 Å². The van der Waals surface area contributed by atoms with Crippen molar-refractivity contribution in [2.75, 3.05) is 11.1 Å². The molecule has 280 valence electrons. The van der Waals surface area contributed by atoms with Gasteiger partial charge < -0.3 is 15.6 Å². The van der Waals surface area contributed by atoms with Crippen molar-refractivity contribution in [1.82, 2.24) is 9.13 Å². The van der Waals surface area contributed by atoms with Crippen molar-refractivity contribution in [3.63, 3.8) is 0 Å². The fraction of sp³-hybridized carbons (Fsp3) is 0.0980. The highest BCUT2D eigenvalue weighted by Gasteiger charge is 2.25. The monoisotopic (exact) mass is 750 g/mol. The number of nitrogen functional groups attached to an aromatic ring is 1. The zero-order valence-electron chi connectivity index (χ0n) is 32.6. The molecule has 4 nitrogen and oxygen atoms in total. The van der Waals surface area contributed by atoms with Crippen molar-refractivity contribution in [2.45, 2.75) is 33.2 Å². The third-order valence-corrected chi connectivity index (χ3v) is 10.7. The number of hydrogen-bond acceptors (Lipinski definition) is 3. The zero-order chi connectivity index (χ0) is 39.8. The standard InChI is InChI=1S/C44H36N4S.C5H8.C2H6/c1-5-14-33(6-2)47-38-19-12-10-18-35(38)36-22-21-30(25-39(36)47)31-23-28(3)37-24-29(4)34-17-11-13-20-42(34)49-27-41(37)48-40(26-31)43(45)44(48)46-32-15-8-7-9-16-32;1-3-5-4-2;1-2/h5-15,17-27,32,46H,1-4,16,45H2;3-5H,1H2,2H3;1-2H3/b31-23?,33-14+,37-24?,40-26?,41-27?;5-4-;. The smallest absolute Gasteiger partial charge is 0.137 e. The van der Waals surface area contributed by atoms with E-state index in [4.69, 9.17) is 5.73 Å². The third-order valence-electron chi connectivity index (χ3n) is 9.72. The molecule has 1 aromatic heterocycles. The van der Waals surface area contributed by atoms with Crippen LogP contribution < -0.4 is 21.5 Å². The molecule has 4 heterocycles. The lowest BCUT2D eigenvalue weighted by molar-refractivity contribution is 0.852. The first-order chi connectivity index (χ1) is 27.4. The van der Waals surface area contributed by atoms with E-state index in [0.29, 0.717) is 0 Å². The van der Waals surface area contributed by atoms with Crippen LogP contribution >= 0.6 is 11.3 Å². The van der Waals surface area contributed by atoms with Crippen molar-refractivity contribution in [2.24, 2.45) is 0 Å². The zero-order valence-corrected chi connectivity index (χ0v) is 33.5. The number of nitrogens with zero attached hydrogens (tertiary/aromatic N) is 2. The predicted molar refractivity (Wildman–Crippen MR) is 251 cm³/mol. The van der Waals surface area contributed by atoms with Gasteiger partial charge in [0.1, 0.15) is 5.82 Å². The average molecular weight is 751 g/mol. The van der Waals surface area contributed by atoms with E-state index >= 15 is 0 Å². The van der Waals surface area contributed by atoms with E-state index in [2.05, 4.69) is 162 Å². The molecule has 3 aliphatic heterocycles. The summed E-state index contributed by atoms with van der Waals surface area (Å²) in [5.41, 5.74) is 15.9. The van der Waals surface area contributed by atoms with E-state index in [9.17, 15) is 0 Å². The van der Waals surface area contributed by atoms with Crippen molar-refractivity contribution in [3.05, 3.63) is 181 Å². The van der Waals surface area contributed by atoms with Gasteiger partial charge in [0.15, 0.2) is 0 Å². The number of benzene rings is 3. The minimum atomic E-state index is 0.140. The Morgan fingerprint density at radius 3 is 2.27 bits per heavy atom. The molecule has 3 N–H and O–H groups in total. The second-order valence-electron chi connectivity index (χ2n) is 13.1. The van der Waals surface area contributed by atoms with Gasteiger partial charge in [0.05, 0.1) is 28.1 Å². The Hall–Kier alpha value is -6.56. The Morgan fingerprint density at radius 1 is 0.821 bits per heavy atom. The largest absolute Gasteiger partial charge is 0.394 e. The summed E-state index contributed by atoms with van der Waals surface area (Å²) in [6, 6.07) is 30.2. The summed E-state index contributed by atoms with van der Waals surface area (Å²) in [5, 5.41) is 11.2. The molecule has 4 aromatic rings. The highest BCUT2D eigenvalue weighted by Crippen LogP contribution is 2.43. The van der Waals surface area contributed by atoms with Crippen LogP contribution in [0.25, 0.3) is 78.8 Å². The Labute approximate surface area is 334 Å². The summed E-state index contributed by atoms with van der Waals surface area (Å²) in [6.07, 6.45) is 20.7. The van der Waals surface area contributed by atoms with Gasteiger partial charge in [0.2, 0.25) is 0 Å². The number of fused-ring (bicyclic) bond motifs is 7. The first-order valence-electron chi connectivity index (χ1n) is 19.0. The highest BCUT2D eigenvalue weighted by atomic mass is 32.1. The number of hydrogen-bond donors (Lipinski definition) is 2. The molecule has 0 amide bonds. The molecular weight excluding hydrogens is 701 g/mol. The highest BCUT2D eigenvalue weighted by molar-refractivity contribution is 7.16. The van der Waals surface area contributed by atoms with Gasteiger partial charge >= 0.3 is 0 Å². The molecule has 3 aromatic carbocycles. The van der Waals surface area contributed by atoms with E-state index in [1.807, 2.05) is 45.1 Å². The first-order valence-corrected chi connectivity index (χ1v) is 19.9. The molecule has 0 saturated carbocycles. The number of allylic oxidation sites excluding steroid dienone is 9. The van der Waals surface area contributed by atoms with Crippen LogP contribution in [0.4, 0.5) is 11.5 Å². The normalized spacial score (nSPS) is 13.7. The molecule has 8 rings (SSSR count). The summed E-state index contributed by atoms with van der Waals surface area (Å²) in [6.45, 7) is 26.7. The Morgan fingerprint density at radius 2 is 1.57 bits per heavy atom. The quantitative estimate of drug-likeness (QED) is 0.159. The van der Waals surface area contributed by atoms with Gasteiger partial charge in [-0.3, -0.25) is 4.57 Å². The second-order valence-corrected chi connectivity index (χ2v) is 14.0. The maximum absolute atomic E-state index is 6.95. The molecule has 1 unspecified atom stereocenters. The number of nitrogens with two attached hydrogens (primary N) is 1. The van der Waals surface area contributed by atoms with Gasteiger partial charge in [0, 0.05) is 38.2 Å². The van der Waals surface area contributed by atoms with Gasteiger partial charge in [-0.1, -0.05) is 144 Å². The average Bonchev–Trinajstić information content (AvgIpc) is 3.56. The van der Waals surface area contributed by atoms with Crippen LogP contribution in [-0.4, -0.2) is 15.2 Å². The summed E-state index contributed by atoms with van der Waals surface area (Å²) in [4.78, 5) is 0. The number of rotatable bonds is 7. The fourth-order valence-corrected chi connectivity index (χ4v) is 8.10. The molecule has 1 aliphatic carbocycles. The lowest BCUT2D eigenvalue weighted by atomic mass is 9.99. The molecule has 0 fully saturated rings. The fourth-order valence-electron chi connectivity index (χ4n) is 7.14. The van der Waals surface area contributed by atoms with Crippen LogP contribution in [0.3, 0.4) is 0 Å². The summed E-state index contributed by atoms with van der Waals surface area (Å²) >= 11 is 1.70. The Kier molecular flexibility index (Phi) is 12.4. The van der Waals surface area contributed by atoms with Crippen molar-refractivity contribution in [1.29, 1.82) is 0 Å². The lowest BCUT2D eigenvalue weighted by Gasteiger charge is -2.31. The Bertz CT molecular complexity index is 2800. The summed E-state index contributed by atoms with van der Waals surface area (Å²) in [5.74, 6) is 0.892. The predicted octanol–water partition coefficient (Wildman–Crippen LogP) is 12.8. The van der Waals surface area contributed by atoms with Crippen LogP contribution in [0, 0.1) is 0 Å². The van der Waals surface area contributed by atoms with Crippen molar-refractivity contribution >= 4 is 73.6 Å². The lowest BCUT2D eigenvalue weighted by Crippen LogP contribution is -2.26. The van der Waals surface area contributed by atoms with E-state index in [1.165, 1.54) is 10.8 Å². The van der Waals surface area contributed by atoms with E-state index < -0.39 is 0 Å². The number of para-hydroxylation sites is 1. The molecular formula is C51H50N4S. The van der Waals surface area contributed by atoms with E-state index in [-0.39, 0.29) is 6.04 Å². The minimum Gasteiger partial charge on any atom is -0.394 e. The number of anilines is 2. The van der Waals surface area contributed by atoms with E-state index in [1.54, 1.807) is 23.5 Å². The van der Waals surface area contributed by atoms with Crippen LogP contribution in [-0.2, 0) is 0 Å². The second kappa shape index (κ2) is 17.7. The molecule has 5 heteroatoms. The Balaban J connectivity index is 0.000000706. The maximum atomic E-state index is 6.95. The van der Waals surface area contributed by atoms with E-state index in [0.717, 1.165) is 83.3 Å². The van der Waals surface area contributed by atoms with Gasteiger partial charge in [-0.25, -0.2) is 0 Å². The number of aromatic nitrogens is 2. The molecule has 0 saturated heterocycles. The van der Waals surface area contributed by atoms with Gasteiger partial charge in [-0.2, -0.15) is 0 Å². The minimum absolute atomic E-state index is 0.140. The molecule has 0 bridgehead atoms. The van der Waals surface area contributed by atoms with Crippen LogP contribution in [0.2, 0.25) is 0 Å².